The number of rotatable bonds is 5. The van der Waals surface area contributed by atoms with Crippen LogP contribution in [0.2, 0.25) is 10.0 Å². The Bertz CT molecular complexity index is 913. The summed E-state index contributed by atoms with van der Waals surface area (Å²) in [5, 5.41) is 13.3. The van der Waals surface area contributed by atoms with Gasteiger partial charge in [0, 0.05) is 25.9 Å². The van der Waals surface area contributed by atoms with E-state index in [1.54, 1.807) is 21.0 Å². The molecule has 2 aromatic rings. The van der Waals surface area contributed by atoms with Gasteiger partial charge in [-0.15, -0.1) is 0 Å². The summed E-state index contributed by atoms with van der Waals surface area (Å²) in [6, 6.07) is -0.229. The van der Waals surface area contributed by atoms with Crippen molar-refractivity contribution in [2.75, 3.05) is 25.1 Å². The molecule has 1 saturated heterocycles. The molecule has 11 heteroatoms. The highest BCUT2D eigenvalue weighted by molar-refractivity contribution is 7.17. The van der Waals surface area contributed by atoms with Gasteiger partial charge in [-0.1, -0.05) is 34.5 Å². The van der Waals surface area contributed by atoms with Crippen molar-refractivity contribution in [1.82, 2.24) is 15.3 Å². The average Bonchev–Trinajstić information content (AvgIpc) is 3.17. The summed E-state index contributed by atoms with van der Waals surface area (Å²) in [4.78, 5) is 33.3. The van der Waals surface area contributed by atoms with Crippen LogP contribution in [-0.4, -0.2) is 59.3 Å². The Morgan fingerprint density at radius 2 is 2.07 bits per heavy atom. The summed E-state index contributed by atoms with van der Waals surface area (Å²) >= 11 is 13.3. The number of aryl methyl sites for hydroxylation is 2. The molecule has 1 aliphatic rings. The number of nitrogens with one attached hydrogen (secondary N) is 2. The maximum absolute atomic E-state index is 12.6. The molecule has 0 saturated carbocycles. The minimum atomic E-state index is -0.983. The number of methoxy groups -OCH3 is 1. The number of piperidine rings is 1. The molecule has 0 aliphatic carbocycles. The highest BCUT2D eigenvalue weighted by Crippen LogP contribution is 2.31. The number of amides is 1. The summed E-state index contributed by atoms with van der Waals surface area (Å²) in [6.45, 7) is 4.50. The lowest BCUT2D eigenvalue weighted by Gasteiger charge is -2.37. The van der Waals surface area contributed by atoms with E-state index >= 15 is 0 Å². The normalized spacial score (nSPS) is 19.7. The molecule has 0 radical (unpaired) electrons. The summed E-state index contributed by atoms with van der Waals surface area (Å²) in [5.41, 5.74) is 1.34. The number of hydrogen-bond donors (Lipinski definition) is 3. The molecule has 2 atom stereocenters. The Hall–Kier alpha value is -1.81. The van der Waals surface area contributed by atoms with Gasteiger partial charge in [-0.25, -0.2) is 9.78 Å². The van der Waals surface area contributed by atoms with Crippen LogP contribution in [0.15, 0.2) is 0 Å². The summed E-state index contributed by atoms with van der Waals surface area (Å²) in [6.07, 6.45) is 0.316. The fraction of sp³-hybridized carbons (Fsp3) is 0.471. The third-order valence-corrected chi connectivity index (χ3v) is 6.86. The standard InChI is InChI=1S/C17H20Cl2N4O4S/c1-7-11(18)12(19)13(20-7)15(24)22-9-4-5-23(6-10(9)27-3)17-21-8(2)14(28-17)16(25)26/h9-10,20H,4-6H2,1-3H3,(H,22,24)(H,25,26)/t9-,10-/m1/s1. The fourth-order valence-corrected chi connectivity index (χ4v) is 4.54. The first-order valence-electron chi connectivity index (χ1n) is 8.55. The minimum absolute atomic E-state index is 0.197. The van der Waals surface area contributed by atoms with E-state index in [1.807, 2.05) is 4.90 Å². The SMILES string of the molecule is CO[C@@H]1CN(c2nc(C)c(C(=O)O)s2)CC[C@H]1NC(=O)c1[nH]c(C)c(Cl)c1Cl. The number of nitrogens with zero attached hydrogens (tertiary/aromatic N) is 2. The highest BCUT2D eigenvalue weighted by atomic mass is 35.5. The minimum Gasteiger partial charge on any atom is -0.477 e. The molecular formula is C17H20Cl2N4O4S. The smallest absolute Gasteiger partial charge is 0.347 e. The topological polar surface area (TPSA) is 108 Å². The predicted octanol–water partition coefficient (Wildman–Crippen LogP) is 3.12. The van der Waals surface area contributed by atoms with Crippen LogP contribution >= 0.6 is 34.5 Å². The van der Waals surface area contributed by atoms with Crippen molar-refractivity contribution in [3.63, 3.8) is 0 Å². The van der Waals surface area contributed by atoms with Gasteiger partial charge in [-0.3, -0.25) is 4.79 Å². The lowest BCUT2D eigenvalue weighted by atomic mass is 10.0. The van der Waals surface area contributed by atoms with Crippen molar-refractivity contribution < 1.29 is 19.4 Å². The van der Waals surface area contributed by atoms with Gasteiger partial charge in [0.05, 0.1) is 27.9 Å². The average molecular weight is 447 g/mol. The zero-order valence-electron chi connectivity index (χ0n) is 15.5. The van der Waals surface area contributed by atoms with Crippen molar-refractivity contribution in [3.05, 3.63) is 32.0 Å². The van der Waals surface area contributed by atoms with Crippen molar-refractivity contribution in [1.29, 1.82) is 0 Å². The molecule has 0 spiro atoms. The Labute approximate surface area is 175 Å². The molecule has 3 rings (SSSR count). The van der Waals surface area contributed by atoms with E-state index in [4.69, 9.17) is 27.9 Å². The highest BCUT2D eigenvalue weighted by Gasteiger charge is 2.33. The van der Waals surface area contributed by atoms with E-state index in [-0.39, 0.29) is 33.6 Å². The van der Waals surface area contributed by atoms with Crippen molar-refractivity contribution in [2.24, 2.45) is 0 Å². The number of carbonyl (C=O) groups excluding carboxylic acids is 1. The molecular weight excluding hydrogens is 427 g/mol. The molecule has 3 heterocycles. The Morgan fingerprint density at radius 3 is 2.61 bits per heavy atom. The fourth-order valence-electron chi connectivity index (χ4n) is 3.18. The molecule has 8 nitrogen and oxygen atoms in total. The number of anilines is 1. The second kappa shape index (κ2) is 8.28. The second-order valence-corrected chi connectivity index (χ2v) is 8.29. The van der Waals surface area contributed by atoms with E-state index in [1.165, 1.54) is 0 Å². The number of aromatic amines is 1. The lowest BCUT2D eigenvalue weighted by molar-refractivity contribution is 0.0540. The van der Waals surface area contributed by atoms with E-state index in [2.05, 4.69) is 15.3 Å². The molecule has 1 fully saturated rings. The molecule has 28 heavy (non-hydrogen) atoms. The quantitative estimate of drug-likeness (QED) is 0.650. The Kier molecular flexibility index (Phi) is 6.18. The number of aromatic carboxylic acids is 1. The maximum Gasteiger partial charge on any atom is 0.347 e. The number of carbonyl (C=O) groups is 2. The van der Waals surface area contributed by atoms with Gasteiger partial charge in [0.2, 0.25) is 0 Å². The van der Waals surface area contributed by atoms with E-state index in [0.717, 1.165) is 11.3 Å². The largest absolute Gasteiger partial charge is 0.477 e. The van der Waals surface area contributed by atoms with E-state index in [9.17, 15) is 14.7 Å². The third-order valence-electron chi connectivity index (χ3n) is 4.71. The van der Waals surface area contributed by atoms with Gasteiger partial charge in [0.15, 0.2) is 5.13 Å². The van der Waals surface area contributed by atoms with Gasteiger partial charge in [0.25, 0.3) is 5.91 Å². The van der Waals surface area contributed by atoms with Gasteiger partial charge < -0.3 is 25.0 Å². The first-order chi connectivity index (χ1) is 13.2. The molecule has 0 aromatic carbocycles. The van der Waals surface area contributed by atoms with Crippen LogP contribution in [0.4, 0.5) is 5.13 Å². The van der Waals surface area contributed by atoms with Crippen LogP contribution in [0.3, 0.4) is 0 Å². The molecule has 0 unspecified atom stereocenters. The van der Waals surface area contributed by atoms with Gasteiger partial charge in [0.1, 0.15) is 10.6 Å². The summed E-state index contributed by atoms with van der Waals surface area (Å²) in [7, 11) is 1.58. The molecule has 1 amide bonds. The zero-order valence-corrected chi connectivity index (χ0v) is 17.8. The zero-order chi connectivity index (χ0) is 20.6. The van der Waals surface area contributed by atoms with Crippen molar-refractivity contribution >= 4 is 51.5 Å². The van der Waals surface area contributed by atoms with Crippen LogP contribution in [0.25, 0.3) is 0 Å². The number of thiazole rings is 1. The number of aromatic nitrogens is 2. The van der Waals surface area contributed by atoms with Gasteiger partial charge in [-0.2, -0.15) is 0 Å². The van der Waals surface area contributed by atoms with Gasteiger partial charge >= 0.3 is 5.97 Å². The monoisotopic (exact) mass is 446 g/mol. The van der Waals surface area contributed by atoms with Crippen LogP contribution in [0.5, 0.6) is 0 Å². The van der Waals surface area contributed by atoms with Crippen LogP contribution < -0.4 is 10.2 Å². The lowest BCUT2D eigenvalue weighted by Crippen LogP contribution is -2.55. The number of hydrogen-bond acceptors (Lipinski definition) is 6. The Balaban J connectivity index is 1.71. The first-order valence-corrected chi connectivity index (χ1v) is 10.1. The first kappa shape index (κ1) is 20.9. The molecule has 2 aromatic heterocycles. The second-order valence-electron chi connectivity index (χ2n) is 6.56. The van der Waals surface area contributed by atoms with Crippen molar-refractivity contribution in [2.45, 2.75) is 32.4 Å². The molecule has 152 valence electrons. The molecule has 1 aliphatic heterocycles. The number of carboxylic acid groups (broad SMARTS) is 1. The predicted molar refractivity (Wildman–Crippen MR) is 108 cm³/mol. The number of ether oxygens (including phenoxy) is 1. The van der Waals surface area contributed by atoms with Crippen LogP contribution in [-0.2, 0) is 4.74 Å². The number of H-pyrrole nitrogens is 1. The number of carboxylic acids is 1. The maximum atomic E-state index is 12.6. The number of halogens is 2. The summed E-state index contributed by atoms with van der Waals surface area (Å²) < 4.78 is 5.57. The van der Waals surface area contributed by atoms with Crippen LogP contribution in [0, 0.1) is 13.8 Å². The van der Waals surface area contributed by atoms with Crippen molar-refractivity contribution in [3.8, 4) is 0 Å². The Morgan fingerprint density at radius 1 is 1.36 bits per heavy atom. The summed E-state index contributed by atoms with van der Waals surface area (Å²) in [5.74, 6) is -1.33. The van der Waals surface area contributed by atoms with Crippen LogP contribution in [0.1, 0.15) is 38.0 Å². The third kappa shape index (κ3) is 3.98. The molecule has 0 bridgehead atoms. The molecule has 3 N–H and O–H groups in total. The van der Waals surface area contributed by atoms with E-state index in [0.29, 0.717) is 41.1 Å². The van der Waals surface area contributed by atoms with E-state index < -0.39 is 5.97 Å². The van der Waals surface area contributed by atoms with Gasteiger partial charge in [-0.05, 0) is 20.3 Å².